The van der Waals surface area contributed by atoms with Crippen LogP contribution in [0, 0.1) is 29.1 Å². The highest BCUT2D eigenvalue weighted by molar-refractivity contribution is 5.77. The van der Waals surface area contributed by atoms with E-state index in [0.717, 1.165) is 218 Å². The van der Waals surface area contributed by atoms with Crippen LogP contribution in [0.5, 0.6) is 0 Å². The quantitative estimate of drug-likeness (QED) is 0.0583. The van der Waals surface area contributed by atoms with E-state index in [1.807, 2.05) is 145 Å². The van der Waals surface area contributed by atoms with Gasteiger partial charge in [-0.3, -0.25) is 0 Å². The van der Waals surface area contributed by atoms with Crippen LogP contribution < -0.4 is 29.4 Å². The van der Waals surface area contributed by atoms with Crippen LogP contribution in [0.3, 0.4) is 0 Å². The molecule has 25 heteroatoms. The van der Waals surface area contributed by atoms with Crippen LogP contribution >= 0.6 is 0 Å². The van der Waals surface area contributed by atoms with Crippen molar-refractivity contribution in [1.29, 1.82) is 0 Å². The highest BCUT2D eigenvalue weighted by atomic mass is 19.1. The van der Waals surface area contributed by atoms with E-state index in [4.69, 9.17) is 9.97 Å². The SMILES string of the molecule is C.CCC(c1ccc(F)cc1)c1cnc(N2CCCCC2)nc1.CC[C@@H](c1ccc(F)cc1)c1cnc(N2CCCCC2)nc1.CC[C@H](c1ccc(F)cc1)c1cnc(N2CCCCC2)nc1.CC[C@H](c1ccc(F)cc1)c1cnc(N2CCCCC2)nc1.CC[C@H](c1ccc(F)cc1)c1cnc(N2CCN(c3ncnn4cc(-c5ccn(C)c5)cc34)CC2)nc1. The highest BCUT2D eigenvalue weighted by Crippen LogP contribution is 2.36. The van der Waals surface area contributed by atoms with Gasteiger partial charge in [0.25, 0.3) is 0 Å². The lowest BCUT2D eigenvalue weighted by Gasteiger charge is -2.35. The number of nitrogens with zero attached hydrogens (tertiary/aromatic N) is 20. The van der Waals surface area contributed by atoms with Crippen LogP contribution in [-0.4, -0.2) is 148 Å². The Bertz CT molecular complexity index is 4920. The van der Waals surface area contributed by atoms with Crippen LogP contribution in [0.4, 0.5) is 57.5 Å². The molecule has 0 bridgehead atoms. The molecule has 0 amide bonds. The molecule has 5 aliphatic rings. The van der Waals surface area contributed by atoms with Gasteiger partial charge in [-0.15, -0.1) is 0 Å². The average molecular weight is 1710 g/mol. The maximum atomic E-state index is 13.4. The summed E-state index contributed by atoms with van der Waals surface area (Å²) in [6.07, 6.45) is 46.7. The second-order valence-electron chi connectivity index (χ2n) is 33.0. The molecule has 5 saturated heterocycles. The third kappa shape index (κ3) is 24.1. The third-order valence-corrected chi connectivity index (χ3v) is 24.7. The lowest BCUT2D eigenvalue weighted by Crippen LogP contribution is -2.47. The monoisotopic (exact) mass is 1710 g/mol. The van der Waals surface area contributed by atoms with Gasteiger partial charge >= 0.3 is 0 Å². The Balaban J connectivity index is 0.000000138. The van der Waals surface area contributed by atoms with Crippen molar-refractivity contribution in [2.45, 2.75) is 181 Å². The standard InChI is InChI=1S/C28H29FN8.4C18H22FN3.CH4/c1-3-25(20-4-6-24(29)7-5-20)23-15-30-28(31-16-23)36-12-10-35(11-13-36)27-26-14-22(18-37(26)33-19-32-27)21-8-9-34(2)17-21;4*1-2-17(14-6-8-16(19)9-7-14)15-12-20-18(21-13-15)22-10-4-3-5-11-22;/h4-9,14-19,25H,3,10-13H2,1-2H3;4*6-9,12-13,17H,2-5,10-11H2,1H3;1H4/t25-;3*17-;;/m1110../s1. The Labute approximate surface area is 740 Å². The number of aromatic nitrogens is 14. The summed E-state index contributed by atoms with van der Waals surface area (Å²) in [5.41, 5.74) is 14.2. The molecule has 0 spiro atoms. The molecule has 13 aromatic rings. The van der Waals surface area contributed by atoms with Crippen LogP contribution in [0.1, 0.15) is 236 Å². The summed E-state index contributed by atoms with van der Waals surface area (Å²) in [6, 6.07) is 37.9. The summed E-state index contributed by atoms with van der Waals surface area (Å²) in [6.45, 7) is 22.3. The molecule has 18 rings (SSSR count). The molecule has 0 N–H and O–H groups in total. The molecule has 8 aromatic heterocycles. The number of piperidine rings is 4. The number of anilines is 6. The zero-order valence-corrected chi connectivity index (χ0v) is 73.0. The van der Waals surface area contributed by atoms with E-state index < -0.39 is 0 Å². The molecule has 0 aliphatic carbocycles. The summed E-state index contributed by atoms with van der Waals surface area (Å²) >= 11 is 0. The molecule has 5 aliphatic heterocycles. The van der Waals surface area contributed by atoms with Gasteiger partial charge in [-0.05, 0) is 238 Å². The smallest absolute Gasteiger partial charge is 0.225 e. The van der Waals surface area contributed by atoms with E-state index in [0.29, 0.717) is 0 Å². The Morgan fingerprint density at radius 3 is 0.738 bits per heavy atom. The summed E-state index contributed by atoms with van der Waals surface area (Å²) in [5, 5.41) is 4.43. The number of piperazine rings is 1. The van der Waals surface area contributed by atoms with Crippen molar-refractivity contribution < 1.29 is 22.0 Å². The number of hydrogen-bond acceptors (Lipinski definition) is 18. The van der Waals surface area contributed by atoms with Gasteiger partial charge in [-0.25, -0.2) is 81.3 Å². The summed E-state index contributed by atoms with van der Waals surface area (Å²) < 4.78 is 69.7. The van der Waals surface area contributed by atoms with Gasteiger partial charge in [-0.2, -0.15) is 5.10 Å². The van der Waals surface area contributed by atoms with Gasteiger partial charge in [0, 0.05) is 207 Å². The van der Waals surface area contributed by atoms with Gasteiger partial charge in [0.15, 0.2) is 5.82 Å². The van der Waals surface area contributed by atoms with Crippen molar-refractivity contribution in [2.24, 2.45) is 7.05 Å². The molecule has 660 valence electrons. The molecule has 126 heavy (non-hydrogen) atoms. The molecule has 13 heterocycles. The number of fused-ring (bicyclic) bond motifs is 1. The zero-order chi connectivity index (χ0) is 86.8. The topological polar surface area (TPSA) is 183 Å². The first kappa shape index (κ1) is 91.5. The van der Waals surface area contributed by atoms with Crippen LogP contribution in [0.25, 0.3) is 16.6 Å². The lowest BCUT2D eigenvalue weighted by molar-refractivity contribution is 0.567. The minimum Gasteiger partial charge on any atom is -0.357 e. The third-order valence-electron chi connectivity index (χ3n) is 24.7. The summed E-state index contributed by atoms with van der Waals surface area (Å²) in [7, 11) is 2.02. The second kappa shape index (κ2) is 45.7. The predicted octanol–water partition coefficient (Wildman–Crippen LogP) is 21.8. The molecular weight excluding hydrogens is 1590 g/mol. The van der Waals surface area contributed by atoms with E-state index in [-0.39, 0.29) is 66.1 Å². The molecule has 5 aromatic carbocycles. The Morgan fingerprint density at radius 2 is 0.508 bits per heavy atom. The molecule has 5 atom stereocenters. The summed E-state index contributed by atoms with van der Waals surface area (Å²) in [4.78, 5) is 64.0. The van der Waals surface area contributed by atoms with Gasteiger partial charge in [0.05, 0.1) is 0 Å². The predicted molar refractivity (Wildman–Crippen MR) is 496 cm³/mol. The Morgan fingerprint density at radius 1 is 0.270 bits per heavy atom. The van der Waals surface area contributed by atoms with Crippen molar-refractivity contribution in [3.8, 4) is 11.1 Å². The first-order chi connectivity index (χ1) is 61.2. The average Bonchev–Trinajstić information content (AvgIpc) is 1.63. The van der Waals surface area contributed by atoms with Gasteiger partial charge in [0.1, 0.15) is 40.9 Å². The maximum Gasteiger partial charge on any atom is 0.225 e. The minimum atomic E-state index is -0.222. The second-order valence-corrected chi connectivity index (χ2v) is 33.0. The van der Waals surface area contributed by atoms with Crippen molar-refractivity contribution in [2.75, 3.05) is 108 Å². The molecular formula is C101H121F5N20. The Hall–Kier alpha value is -12.2. The van der Waals surface area contributed by atoms with Gasteiger partial charge in [0.2, 0.25) is 29.7 Å². The Kier molecular flexibility index (Phi) is 33.2. The van der Waals surface area contributed by atoms with E-state index in [1.54, 1.807) is 6.33 Å². The maximum absolute atomic E-state index is 13.4. The molecule has 0 saturated carbocycles. The van der Waals surface area contributed by atoms with E-state index in [9.17, 15) is 22.0 Å². The van der Waals surface area contributed by atoms with Gasteiger partial charge in [-0.1, -0.05) is 103 Å². The number of benzene rings is 5. The molecule has 1 unspecified atom stereocenters. The number of halogens is 5. The van der Waals surface area contributed by atoms with E-state index in [1.165, 1.54) is 138 Å². The first-order valence-electron chi connectivity index (χ1n) is 45.0. The van der Waals surface area contributed by atoms with Crippen molar-refractivity contribution >= 4 is 41.1 Å². The van der Waals surface area contributed by atoms with Crippen LogP contribution in [0.2, 0.25) is 0 Å². The molecule has 0 radical (unpaired) electrons. The van der Waals surface area contributed by atoms with Crippen molar-refractivity contribution in [1.82, 2.24) is 69.0 Å². The highest BCUT2D eigenvalue weighted by Gasteiger charge is 2.27. The largest absolute Gasteiger partial charge is 0.357 e. The van der Waals surface area contributed by atoms with Crippen molar-refractivity contribution in [3.05, 3.63) is 305 Å². The molecule has 20 nitrogen and oxygen atoms in total. The fraction of sp³-hybridized carbons (Fsp3) is 0.406. The van der Waals surface area contributed by atoms with E-state index in [2.05, 4.69) is 138 Å². The number of hydrogen-bond donors (Lipinski definition) is 0. The van der Waals surface area contributed by atoms with E-state index >= 15 is 0 Å². The minimum absolute atomic E-state index is 0. The van der Waals surface area contributed by atoms with Crippen molar-refractivity contribution in [3.63, 3.8) is 0 Å². The fourth-order valence-electron chi connectivity index (χ4n) is 17.7. The normalized spacial score (nSPS) is 15.9. The first-order valence-corrected chi connectivity index (χ1v) is 45.0. The van der Waals surface area contributed by atoms with Crippen LogP contribution in [-0.2, 0) is 7.05 Å². The molecule has 5 fully saturated rings. The van der Waals surface area contributed by atoms with Gasteiger partial charge < -0.3 is 34.0 Å². The number of rotatable bonds is 22. The zero-order valence-electron chi connectivity index (χ0n) is 73.0. The lowest BCUT2D eigenvalue weighted by atomic mass is 9.91. The summed E-state index contributed by atoms with van der Waals surface area (Å²) in [5.74, 6) is 5.01. The van der Waals surface area contributed by atoms with Crippen LogP contribution in [0.15, 0.2) is 220 Å². The number of aryl methyl sites for hydroxylation is 1. The fourth-order valence-corrected chi connectivity index (χ4v) is 17.7.